The van der Waals surface area contributed by atoms with Gasteiger partial charge >= 0.3 is 0 Å². The number of rotatable bonds is 6. The van der Waals surface area contributed by atoms with Crippen molar-refractivity contribution in [2.45, 2.75) is 12.2 Å². The molecule has 0 fully saturated rings. The van der Waals surface area contributed by atoms with Crippen LogP contribution in [0.2, 0.25) is 0 Å². The van der Waals surface area contributed by atoms with Gasteiger partial charge in [-0.3, -0.25) is 0 Å². The lowest BCUT2D eigenvalue weighted by Gasteiger charge is -2.29. The summed E-state index contributed by atoms with van der Waals surface area (Å²) in [7, 11) is 0. The summed E-state index contributed by atoms with van der Waals surface area (Å²) in [6.07, 6.45) is 1.98. The van der Waals surface area contributed by atoms with E-state index in [0.29, 0.717) is 0 Å². The van der Waals surface area contributed by atoms with E-state index in [1.54, 1.807) is 0 Å². The van der Waals surface area contributed by atoms with Gasteiger partial charge in [-0.2, -0.15) is 0 Å². The van der Waals surface area contributed by atoms with Crippen molar-refractivity contribution in [3.63, 3.8) is 0 Å². The van der Waals surface area contributed by atoms with Gasteiger partial charge in [0.25, 0.3) is 0 Å². The molecule has 2 unspecified atom stereocenters. The second-order valence-electron chi connectivity index (χ2n) is 12.7. The minimum atomic E-state index is -0.385. The molecule has 9 rings (SSSR count). The Balaban J connectivity index is 1.18. The summed E-state index contributed by atoms with van der Waals surface area (Å²) >= 11 is 0. The molecule has 0 spiro atoms. The number of benzene rings is 7. The molecule has 50 heavy (non-hydrogen) atoms. The molecule has 7 aromatic rings. The van der Waals surface area contributed by atoms with Crippen molar-refractivity contribution < 1.29 is 0 Å². The molecule has 2 heterocycles. The average molecular weight is 643 g/mol. The smallest absolute Gasteiger partial charge is 0.169 e. The Morgan fingerprint density at radius 1 is 0.440 bits per heavy atom. The maximum absolute atomic E-state index is 5.26. The van der Waals surface area contributed by atoms with Crippen LogP contribution in [0.25, 0.3) is 27.5 Å². The topological polar surface area (TPSA) is 48.8 Å². The first-order chi connectivity index (χ1) is 24.8. The van der Waals surface area contributed by atoms with Gasteiger partial charge in [-0.1, -0.05) is 164 Å². The number of aliphatic imine (C=N–C) groups is 2. The molecule has 4 nitrogen and oxygen atoms in total. The maximum Gasteiger partial charge on any atom is 0.169 e. The van der Waals surface area contributed by atoms with Crippen molar-refractivity contribution in [3.8, 4) is 11.1 Å². The molecule has 0 radical (unpaired) electrons. The van der Waals surface area contributed by atoms with Gasteiger partial charge in [-0.25, -0.2) is 9.98 Å². The van der Waals surface area contributed by atoms with E-state index in [1.165, 1.54) is 33.2 Å². The Morgan fingerprint density at radius 3 is 1.78 bits per heavy atom. The largest absolute Gasteiger partial charge is 0.374 e. The zero-order valence-corrected chi connectivity index (χ0v) is 27.4. The SMILES string of the molecule is C1=C(c2ccccc2)c2c(ccc3c(C4=NC(c5ccccc5)N=C(c5cccc(-c6ccccc6)c5)N4)cccc23)NC1c1ccccc1. The number of anilines is 1. The van der Waals surface area contributed by atoms with Gasteiger partial charge in [-0.05, 0) is 62.4 Å². The van der Waals surface area contributed by atoms with E-state index in [-0.39, 0.29) is 12.2 Å². The number of amidine groups is 2. The Bertz CT molecular complexity index is 2410. The summed E-state index contributed by atoms with van der Waals surface area (Å²) in [6, 6.07) is 61.8. The Labute approximate surface area is 292 Å². The fourth-order valence-corrected chi connectivity index (χ4v) is 7.12. The van der Waals surface area contributed by atoms with Crippen LogP contribution in [0.5, 0.6) is 0 Å². The molecular weight excluding hydrogens is 609 g/mol. The minimum Gasteiger partial charge on any atom is -0.374 e. The third-order valence-electron chi connectivity index (χ3n) is 9.55. The highest BCUT2D eigenvalue weighted by atomic mass is 15.2. The second kappa shape index (κ2) is 12.8. The second-order valence-corrected chi connectivity index (χ2v) is 12.7. The van der Waals surface area contributed by atoms with E-state index in [9.17, 15) is 0 Å². The Kier molecular flexibility index (Phi) is 7.60. The van der Waals surface area contributed by atoms with Crippen LogP contribution in [0.1, 0.15) is 45.6 Å². The Morgan fingerprint density at radius 2 is 1.04 bits per heavy atom. The first-order valence-electron chi connectivity index (χ1n) is 17.1. The summed E-state index contributed by atoms with van der Waals surface area (Å²) in [5, 5.41) is 9.82. The van der Waals surface area contributed by atoms with Crippen LogP contribution in [-0.2, 0) is 0 Å². The summed E-state index contributed by atoms with van der Waals surface area (Å²) in [5.74, 6) is 1.60. The van der Waals surface area contributed by atoms with E-state index in [4.69, 9.17) is 9.98 Å². The van der Waals surface area contributed by atoms with E-state index >= 15 is 0 Å². The third kappa shape index (κ3) is 5.57. The lowest BCUT2D eigenvalue weighted by molar-refractivity contribution is 0.756. The van der Waals surface area contributed by atoms with E-state index in [0.717, 1.165) is 45.0 Å². The minimum absolute atomic E-state index is 0.0565. The quantitative estimate of drug-likeness (QED) is 0.190. The highest BCUT2D eigenvalue weighted by Crippen LogP contribution is 2.43. The molecule has 2 aliphatic heterocycles. The van der Waals surface area contributed by atoms with Crippen molar-refractivity contribution in [3.05, 3.63) is 215 Å². The molecule has 2 atom stereocenters. The summed E-state index contributed by atoms with van der Waals surface area (Å²) in [6.45, 7) is 0. The molecular formula is C46H34N4. The number of fused-ring (bicyclic) bond motifs is 3. The molecule has 2 N–H and O–H groups in total. The van der Waals surface area contributed by atoms with E-state index in [2.05, 4.69) is 181 Å². The maximum atomic E-state index is 5.26. The summed E-state index contributed by atoms with van der Waals surface area (Å²) in [4.78, 5) is 10.4. The molecule has 4 heteroatoms. The van der Waals surface area contributed by atoms with Crippen LogP contribution in [0.15, 0.2) is 192 Å². The summed E-state index contributed by atoms with van der Waals surface area (Å²) < 4.78 is 0. The monoisotopic (exact) mass is 642 g/mol. The summed E-state index contributed by atoms with van der Waals surface area (Å²) in [5.41, 5.74) is 11.4. The van der Waals surface area contributed by atoms with Crippen molar-refractivity contribution in [1.29, 1.82) is 0 Å². The van der Waals surface area contributed by atoms with Crippen molar-refractivity contribution in [2.24, 2.45) is 9.98 Å². The number of hydrogen-bond acceptors (Lipinski definition) is 4. The van der Waals surface area contributed by atoms with Crippen LogP contribution < -0.4 is 10.6 Å². The lowest BCUT2D eigenvalue weighted by atomic mass is 9.85. The van der Waals surface area contributed by atoms with Crippen LogP contribution in [0, 0.1) is 0 Å². The Hall–Kier alpha value is -6.52. The zero-order valence-electron chi connectivity index (χ0n) is 27.4. The van der Waals surface area contributed by atoms with Gasteiger partial charge in [0.1, 0.15) is 11.7 Å². The fourth-order valence-electron chi connectivity index (χ4n) is 7.12. The van der Waals surface area contributed by atoms with Gasteiger partial charge in [0.05, 0.1) is 6.04 Å². The third-order valence-corrected chi connectivity index (χ3v) is 9.55. The van der Waals surface area contributed by atoms with Crippen molar-refractivity contribution >= 4 is 33.7 Å². The van der Waals surface area contributed by atoms with E-state index < -0.39 is 0 Å². The first kappa shape index (κ1) is 29.6. The molecule has 2 aliphatic rings. The first-order valence-corrected chi connectivity index (χ1v) is 17.1. The number of nitrogens with one attached hydrogen (secondary N) is 2. The van der Waals surface area contributed by atoms with Crippen LogP contribution >= 0.6 is 0 Å². The fraction of sp³-hybridized carbons (Fsp3) is 0.0435. The highest BCUT2D eigenvalue weighted by Gasteiger charge is 2.26. The molecule has 0 bridgehead atoms. The number of hydrogen-bond donors (Lipinski definition) is 2. The predicted octanol–water partition coefficient (Wildman–Crippen LogP) is 10.6. The molecule has 0 aliphatic carbocycles. The molecule has 238 valence electrons. The normalized spacial score (nSPS) is 16.7. The van der Waals surface area contributed by atoms with Gasteiger partial charge in [0, 0.05) is 22.4 Å². The van der Waals surface area contributed by atoms with Crippen LogP contribution in [0.4, 0.5) is 5.69 Å². The molecule has 0 saturated heterocycles. The van der Waals surface area contributed by atoms with E-state index in [1.807, 2.05) is 12.1 Å². The molecule has 7 aromatic carbocycles. The van der Waals surface area contributed by atoms with Gasteiger partial charge in [0.15, 0.2) is 6.17 Å². The molecule has 0 aromatic heterocycles. The predicted molar refractivity (Wildman–Crippen MR) is 208 cm³/mol. The average Bonchev–Trinajstić information content (AvgIpc) is 3.21. The highest BCUT2D eigenvalue weighted by molar-refractivity contribution is 6.21. The van der Waals surface area contributed by atoms with Gasteiger partial charge < -0.3 is 10.6 Å². The van der Waals surface area contributed by atoms with Crippen molar-refractivity contribution in [1.82, 2.24) is 5.32 Å². The van der Waals surface area contributed by atoms with Crippen LogP contribution in [-0.4, -0.2) is 11.7 Å². The standard InChI is InChI=1S/C46H34N4/c1-5-15-31(16-6-1)35-23-13-24-36(29-35)45-48-44(34-21-11-4-12-22-34)49-46(50-45)39-26-14-25-38-37(39)27-28-41-43(38)40(32-17-7-2-8-18-32)30-42(47-41)33-19-9-3-10-20-33/h1-30,42,44,47H,(H,48,49,50). The zero-order chi connectivity index (χ0) is 33.3. The van der Waals surface area contributed by atoms with Gasteiger partial charge in [-0.15, -0.1) is 0 Å². The molecule has 0 saturated carbocycles. The van der Waals surface area contributed by atoms with Crippen LogP contribution in [0.3, 0.4) is 0 Å². The lowest BCUT2D eigenvalue weighted by Crippen LogP contribution is -2.36. The number of nitrogens with zero attached hydrogens (tertiary/aromatic N) is 2. The van der Waals surface area contributed by atoms with Gasteiger partial charge in [0.2, 0.25) is 0 Å². The van der Waals surface area contributed by atoms with Crippen molar-refractivity contribution in [2.75, 3.05) is 5.32 Å². The molecule has 0 amide bonds.